The van der Waals surface area contributed by atoms with E-state index in [0.717, 1.165) is 18.4 Å². The van der Waals surface area contributed by atoms with E-state index in [1.807, 2.05) is 0 Å². The van der Waals surface area contributed by atoms with Crippen LogP contribution in [0, 0.1) is 11.7 Å². The Morgan fingerprint density at radius 3 is 2.44 bits per heavy atom. The van der Waals surface area contributed by atoms with Crippen LogP contribution in [0.1, 0.15) is 38.3 Å². The number of nitrogens with one attached hydrogen (secondary N) is 1. The van der Waals surface area contributed by atoms with Crippen LogP contribution >= 0.6 is 0 Å². The van der Waals surface area contributed by atoms with Crippen molar-refractivity contribution in [3.05, 3.63) is 29.6 Å². The zero-order chi connectivity index (χ0) is 12.1. The van der Waals surface area contributed by atoms with Gasteiger partial charge in [0.1, 0.15) is 5.82 Å². The highest BCUT2D eigenvalue weighted by atomic mass is 19.1. The first-order valence-corrected chi connectivity index (χ1v) is 5.65. The minimum atomic E-state index is -0.282. The van der Waals surface area contributed by atoms with Gasteiger partial charge in [-0.05, 0) is 29.7 Å². The number of rotatable bonds is 5. The van der Waals surface area contributed by atoms with Crippen LogP contribution in [0.5, 0.6) is 0 Å². The van der Waals surface area contributed by atoms with Gasteiger partial charge in [0.05, 0.1) is 6.04 Å². The third kappa shape index (κ3) is 2.71. The van der Waals surface area contributed by atoms with Gasteiger partial charge in [0, 0.05) is 5.69 Å². The lowest BCUT2D eigenvalue weighted by Gasteiger charge is -2.26. The van der Waals surface area contributed by atoms with E-state index in [1.165, 1.54) is 12.1 Å². The molecule has 0 radical (unpaired) electrons. The normalized spacial score (nSPS) is 13.1. The average molecular weight is 225 g/mol. The first-order valence-electron chi connectivity index (χ1n) is 5.65. The van der Waals surface area contributed by atoms with Gasteiger partial charge in [0.2, 0.25) is 0 Å². The fourth-order valence-electron chi connectivity index (χ4n) is 2.05. The van der Waals surface area contributed by atoms with Crippen LogP contribution in [0.25, 0.3) is 0 Å². The summed E-state index contributed by atoms with van der Waals surface area (Å²) in [5, 5.41) is 0. The smallest absolute Gasteiger partial charge is 0.123 e. The number of halogens is 1. The lowest BCUT2D eigenvalue weighted by Crippen LogP contribution is -2.33. The molecule has 0 saturated heterocycles. The Kier molecular flexibility index (Phi) is 4.71. The van der Waals surface area contributed by atoms with Gasteiger partial charge in [-0.1, -0.05) is 26.7 Å². The second kappa shape index (κ2) is 5.82. The maximum atomic E-state index is 13.2. The lowest BCUT2D eigenvalue weighted by molar-refractivity contribution is 0.345. The minimum absolute atomic E-state index is 0.0919. The Hall–Kier alpha value is -1.13. The number of anilines is 1. The van der Waals surface area contributed by atoms with Gasteiger partial charge in [-0.2, -0.15) is 0 Å². The molecular weight excluding hydrogens is 205 g/mol. The Bertz CT molecular complexity index is 337. The van der Waals surface area contributed by atoms with Crippen LogP contribution in [0.3, 0.4) is 0 Å². The van der Waals surface area contributed by atoms with Crippen molar-refractivity contribution in [2.75, 3.05) is 5.73 Å². The van der Waals surface area contributed by atoms with E-state index >= 15 is 0 Å². The van der Waals surface area contributed by atoms with E-state index in [2.05, 4.69) is 19.3 Å². The predicted molar refractivity (Wildman–Crippen MR) is 64.9 cm³/mol. The molecular formula is C12H20FN3. The topological polar surface area (TPSA) is 64.1 Å². The van der Waals surface area contributed by atoms with Crippen molar-refractivity contribution in [3.63, 3.8) is 0 Å². The Labute approximate surface area is 96.0 Å². The molecule has 1 rings (SSSR count). The van der Waals surface area contributed by atoms with Crippen molar-refractivity contribution >= 4 is 5.69 Å². The summed E-state index contributed by atoms with van der Waals surface area (Å²) >= 11 is 0. The second-order valence-corrected chi connectivity index (χ2v) is 3.99. The van der Waals surface area contributed by atoms with Crippen molar-refractivity contribution in [2.24, 2.45) is 11.8 Å². The monoisotopic (exact) mass is 225 g/mol. The summed E-state index contributed by atoms with van der Waals surface area (Å²) in [7, 11) is 0. The molecule has 0 saturated carbocycles. The molecule has 5 N–H and O–H groups in total. The molecule has 3 nitrogen and oxygen atoms in total. The van der Waals surface area contributed by atoms with Gasteiger partial charge in [0.15, 0.2) is 0 Å². The van der Waals surface area contributed by atoms with Gasteiger partial charge in [0.25, 0.3) is 0 Å². The molecule has 1 aromatic rings. The highest BCUT2D eigenvalue weighted by molar-refractivity contribution is 5.48. The first kappa shape index (κ1) is 12.9. The number of nitrogen functional groups attached to an aromatic ring is 1. The number of benzene rings is 1. The molecule has 1 aromatic carbocycles. The molecule has 90 valence electrons. The molecule has 0 heterocycles. The molecule has 0 fully saturated rings. The third-order valence-electron chi connectivity index (χ3n) is 3.08. The van der Waals surface area contributed by atoms with E-state index in [9.17, 15) is 4.39 Å². The maximum Gasteiger partial charge on any atom is 0.123 e. The summed E-state index contributed by atoms with van der Waals surface area (Å²) in [5.41, 5.74) is 9.92. The van der Waals surface area contributed by atoms with Crippen LogP contribution < -0.4 is 17.0 Å². The summed E-state index contributed by atoms with van der Waals surface area (Å²) in [4.78, 5) is 0. The summed E-state index contributed by atoms with van der Waals surface area (Å²) < 4.78 is 13.2. The van der Waals surface area contributed by atoms with E-state index in [0.29, 0.717) is 11.6 Å². The van der Waals surface area contributed by atoms with Crippen molar-refractivity contribution in [2.45, 2.75) is 32.7 Å². The van der Waals surface area contributed by atoms with Crippen molar-refractivity contribution < 1.29 is 4.39 Å². The molecule has 1 unspecified atom stereocenters. The van der Waals surface area contributed by atoms with E-state index < -0.39 is 0 Å². The van der Waals surface area contributed by atoms with Crippen LogP contribution in [-0.2, 0) is 0 Å². The number of nitrogens with two attached hydrogens (primary N) is 2. The average Bonchev–Trinajstić information content (AvgIpc) is 2.29. The van der Waals surface area contributed by atoms with Gasteiger partial charge in [-0.3, -0.25) is 11.3 Å². The van der Waals surface area contributed by atoms with Crippen LogP contribution in [0.4, 0.5) is 10.1 Å². The zero-order valence-corrected chi connectivity index (χ0v) is 9.83. The van der Waals surface area contributed by atoms with Crippen LogP contribution in [-0.4, -0.2) is 0 Å². The Morgan fingerprint density at radius 2 is 1.94 bits per heavy atom. The summed E-state index contributed by atoms with van der Waals surface area (Å²) in [6.07, 6.45) is 1.95. The molecule has 16 heavy (non-hydrogen) atoms. The third-order valence-corrected chi connectivity index (χ3v) is 3.08. The van der Waals surface area contributed by atoms with Gasteiger partial charge >= 0.3 is 0 Å². The molecule has 0 amide bonds. The number of hydrazine groups is 1. The van der Waals surface area contributed by atoms with E-state index in [-0.39, 0.29) is 11.9 Å². The molecule has 4 heteroatoms. The first-order chi connectivity index (χ1) is 7.63. The fourth-order valence-corrected chi connectivity index (χ4v) is 2.05. The Balaban J connectivity index is 3.06. The quantitative estimate of drug-likeness (QED) is 0.409. The second-order valence-electron chi connectivity index (χ2n) is 3.99. The maximum absolute atomic E-state index is 13.2. The lowest BCUT2D eigenvalue weighted by atomic mass is 9.88. The van der Waals surface area contributed by atoms with E-state index in [1.54, 1.807) is 6.07 Å². The number of hydrogen-bond donors (Lipinski definition) is 3. The largest absolute Gasteiger partial charge is 0.398 e. The molecule has 0 aliphatic rings. The standard InChI is InChI=1S/C12H20FN3/c1-3-8(4-2)12(16-15)10-7-9(13)5-6-11(10)14/h5-8,12,16H,3-4,14-15H2,1-2H3. The molecule has 0 spiro atoms. The molecule has 0 bridgehead atoms. The van der Waals surface area contributed by atoms with Gasteiger partial charge < -0.3 is 5.73 Å². The summed E-state index contributed by atoms with van der Waals surface area (Å²) in [5.74, 6) is 5.62. The SMILES string of the molecule is CCC(CC)C(NN)c1cc(F)ccc1N. The summed E-state index contributed by atoms with van der Waals surface area (Å²) in [6, 6.07) is 4.31. The van der Waals surface area contributed by atoms with Crippen molar-refractivity contribution in [1.29, 1.82) is 0 Å². The highest BCUT2D eigenvalue weighted by Crippen LogP contribution is 2.30. The van der Waals surface area contributed by atoms with E-state index in [4.69, 9.17) is 11.6 Å². The zero-order valence-electron chi connectivity index (χ0n) is 9.83. The highest BCUT2D eigenvalue weighted by Gasteiger charge is 2.21. The van der Waals surface area contributed by atoms with Crippen LogP contribution in [0.15, 0.2) is 18.2 Å². The van der Waals surface area contributed by atoms with Crippen LogP contribution in [0.2, 0.25) is 0 Å². The molecule has 1 atom stereocenters. The molecule has 0 aliphatic carbocycles. The molecule has 0 aliphatic heterocycles. The van der Waals surface area contributed by atoms with Gasteiger partial charge in [-0.15, -0.1) is 0 Å². The molecule has 0 aromatic heterocycles. The van der Waals surface area contributed by atoms with Crippen molar-refractivity contribution in [1.82, 2.24) is 5.43 Å². The van der Waals surface area contributed by atoms with Crippen molar-refractivity contribution in [3.8, 4) is 0 Å². The van der Waals surface area contributed by atoms with Gasteiger partial charge in [-0.25, -0.2) is 4.39 Å². The summed E-state index contributed by atoms with van der Waals surface area (Å²) in [6.45, 7) is 4.18. The number of hydrogen-bond acceptors (Lipinski definition) is 3. The Morgan fingerprint density at radius 1 is 1.31 bits per heavy atom. The fraction of sp³-hybridized carbons (Fsp3) is 0.500. The minimum Gasteiger partial charge on any atom is -0.398 e. The predicted octanol–water partition coefficient (Wildman–Crippen LogP) is 2.35.